The molecule has 0 unspecified atom stereocenters. The van der Waals surface area contributed by atoms with E-state index in [9.17, 15) is 14.7 Å². The Bertz CT molecular complexity index is 448. The van der Waals surface area contributed by atoms with E-state index in [1.807, 2.05) is 30.3 Å². The topological polar surface area (TPSA) is 95.9 Å². The lowest BCUT2D eigenvalue weighted by Gasteiger charge is -2.23. The molecule has 1 aromatic rings. The number of hydrogen-bond donors (Lipinski definition) is 3. The van der Waals surface area contributed by atoms with Crippen molar-refractivity contribution in [3.63, 3.8) is 0 Å². The molecule has 0 saturated heterocycles. The third-order valence-corrected chi connectivity index (χ3v) is 2.87. The lowest BCUT2D eigenvalue weighted by molar-refractivity contribution is -0.158. The number of nitrogens with one attached hydrogen (secondary N) is 1. The molecule has 0 aliphatic rings. The summed E-state index contributed by atoms with van der Waals surface area (Å²) in [7, 11) is 0. The molecule has 6 heteroatoms. The smallest absolute Gasteiger partial charge is 0.332 e. The largest absolute Gasteiger partial charge is 0.480 e. The minimum absolute atomic E-state index is 0.368. The lowest BCUT2D eigenvalue weighted by Crippen LogP contribution is -2.47. The van der Waals surface area contributed by atoms with E-state index >= 15 is 0 Å². The monoisotopic (exact) mass is 281 g/mol. The van der Waals surface area contributed by atoms with Gasteiger partial charge in [-0.25, -0.2) is 4.79 Å². The van der Waals surface area contributed by atoms with Crippen LogP contribution in [0.2, 0.25) is 0 Å². The highest BCUT2D eigenvalue weighted by Crippen LogP contribution is 2.06. The third-order valence-electron chi connectivity index (χ3n) is 2.87. The van der Waals surface area contributed by atoms with Crippen molar-refractivity contribution >= 4 is 11.9 Å². The lowest BCUT2D eigenvalue weighted by atomic mass is 10.1. The maximum Gasteiger partial charge on any atom is 0.332 e. The van der Waals surface area contributed by atoms with Crippen molar-refractivity contribution in [2.75, 3.05) is 0 Å². The summed E-state index contributed by atoms with van der Waals surface area (Å²) in [4.78, 5) is 21.9. The van der Waals surface area contributed by atoms with Crippen LogP contribution in [-0.2, 0) is 20.9 Å². The molecule has 3 N–H and O–H groups in total. The van der Waals surface area contributed by atoms with Crippen LogP contribution in [0, 0.1) is 0 Å². The molecule has 0 spiro atoms. The fraction of sp³-hybridized carbons (Fsp3) is 0.429. The molecule has 0 aliphatic heterocycles. The van der Waals surface area contributed by atoms with Gasteiger partial charge in [-0.3, -0.25) is 10.1 Å². The highest BCUT2D eigenvalue weighted by atomic mass is 16.5. The molecule has 1 rings (SSSR count). The van der Waals surface area contributed by atoms with Crippen LogP contribution in [0.5, 0.6) is 0 Å². The van der Waals surface area contributed by atoms with Gasteiger partial charge in [0.1, 0.15) is 6.04 Å². The zero-order valence-corrected chi connectivity index (χ0v) is 11.4. The second kappa shape index (κ2) is 7.62. The van der Waals surface area contributed by atoms with Gasteiger partial charge < -0.3 is 14.9 Å². The van der Waals surface area contributed by atoms with Gasteiger partial charge in [-0.15, -0.1) is 0 Å². The number of benzene rings is 1. The minimum atomic E-state index is -1.12. The third kappa shape index (κ3) is 4.99. The van der Waals surface area contributed by atoms with Crippen molar-refractivity contribution in [3.05, 3.63) is 35.9 Å². The van der Waals surface area contributed by atoms with Crippen LogP contribution in [0.15, 0.2) is 30.3 Å². The van der Waals surface area contributed by atoms with Gasteiger partial charge in [0.05, 0.1) is 6.10 Å². The normalized spacial score (nSPS) is 15.3. The molecular weight excluding hydrogens is 262 g/mol. The van der Waals surface area contributed by atoms with E-state index in [2.05, 4.69) is 5.32 Å². The molecule has 6 nitrogen and oxygen atoms in total. The quantitative estimate of drug-likeness (QED) is 0.660. The molecule has 20 heavy (non-hydrogen) atoms. The number of ether oxygens (including phenoxy) is 1. The van der Waals surface area contributed by atoms with Gasteiger partial charge in [-0.1, -0.05) is 30.3 Å². The van der Waals surface area contributed by atoms with Gasteiger partial charge in [0.2, 0.25) is 0 Å². The Kier molecular flexibility index (Phi) is 6.14. The predicted molar refractivity (Wildman–Crippen MR) is 72.4 cm³/mol. The molecular formula is C14H19NO5. The summed E-state index contributed by atoms with van der Waals surface area (Å²) in [6.45, 7) is 3.28. The summed E-state index contributed by atoms with van der Waals surface area (Å²) in [5.41, 5.74) is 0.942. The molecule has 0 fully saturated rings. The Morgan fingerprint density at radius 1 is 1.15 bits per heavy atom. The van der Waals surface area contributed by atoms with Gasteiger partial charge in [-0.2, -0.15) is 0 Å². The maximum absolute atomic E-state index is 11.2. The standard InChI is InChI=1S/C14H19NO5/c1-9(20-10(2)13(16)17)12(14(18)19)15-8-11-6-4-3-5-7-11/h3-7,9-10,12,15H,8H2,1-2H3,(H,16,17)(H,18,19)/t9-,10-,12-/m0/s1. The molecule has 1 aromatic carbocycles. The Morgan fingerprint density at radius 3 is 2.25 bits per heavy atom. The first-order chi connectivity index (χ1) is 9.41. The summed E-state index contributed by atoms with van der Waals surface area (Å²) >= 11 is 0. The summed E-state index contributed by atoms with van der Waals surface area (Å²) < 4.78 is 5.18. The van der Waals surface area contributed by atoms with Crippen molar-refractivity contribution < 1.29 is 24.5 Å². The fourth-order valence-electron chi connectivity index (χ4n) is 1.74. The summed E-state index contributed by atoms with van der Waals surface area (Å²) in [5, 5.41) is 20.8. The van der Waals surface area contributed by atoms with Crippen molar-refractivity contribution in [2.24, 2.45) is 0 Å². The molecule has 0 aromatic heterocycles. The summed E-state index contributed by atoms with van der Waals surface area (Å²) in [6.07, 6.45) is -1.81. The Hall–Kier alpha value is -1.92. The highest BCUT2D eigenvalue weighted by molar-refractivity contribution is 5.74. The second-order valence-electron chi connectivity index (χ2n) is 4.50. The van der Waals surface area contributed by atoms with E-state index in [-0.39, 0.29) is 0 Å². The van der Waals surface area contributed by atoms with Crippen LogP contribution in [0.3, 0.4) is 0 Å². The number of carboxylic acid groups (broad SMARTS) is 2. The zero-order chi connectivity index (χ0) is 15.1. The van der Waals surface area contributed by atoms with Crippen LogP contribution in [0.25, 0.3) is 0 Å². The molecule has 0 saturated carbocycles. The minimum Gasteiger partial charge on any atom is -0.480 e. The zero-order valence-electron chi connectivity index (χ0n) is 11.4. The maximum atomic E-state index is 11.2. The van der Waals surface area contributed by atoms with Crippen LogP contribution < -0.4 is 5.32 Å². The van der Waals surface area contributed by atoms with Gasteiger partial charge in [-0.05, 0) is 19.4 Å². The summed E-state index contributed by atoms with van der Waals surface area (Å²) in [5.74, 6) is -2.20. The predicted octanol–water partition coefficient (Wildman–Crippen LogP) is 1.11. The van der Waals surface area contributed by atoms with Crippen LogP contribution in [0.4, 0.5) is 0 Å². The summed E-state index contributed by atoms with van der Waals surface area (Å²) in [6, 6.07) is 8.36. The number of carbonyl (C=O) groups is 2. The van der Waals surface area contributed by atoms with Gasteiger partial charge in [0, 0.05) is 6.54 Å². The average molecular weight is 281 g/mol. The van der Waals surface area contributed by atoms with Crippen molar-refractivity contribution in [1.82, 2.24) is 5.32 Å². The van der Waals surface area contributed by atoms with Crippen LogP contribution in [-0.4, -0.2) is 40.4 Å². The van der Waals surface area contributed by atoms with Crippen molar-refractivity contribution in [3.8, 4) is 0 Å². The molecule has 0 heterocycles. The number of aliphatic carboxylic acids is 2. The van der Waals surface area contributed by atoms with E-state index in [0.717, 1.165) is 5.56 Å². The molecule has 3 atom stereocenters. The van der Waals surface area contributed by atoms with Gasteiger partial charge >= 0.3 is 11.9 Å². The Balaban J connectivity index is 2.60. The second-order valence-corrected chi connectivity index (χ2v) is 4.50. The van der Waals surface area contributed by atoms with E-state index in [0.29, 0.717) is 6.54 Å². The highest BCUT2D eigenvalue weighted by Gasteiger charge is 2.28. The average Bonchev–Trinajstić information content (AvgIpc) is 2.39. The van der Waals surface area contributed by atoms with E-state index in [1.165, 1.54) is 13.8 Å². The van der Waals surface area contributed by atoms with Crippen molar-refractivity contribution in [2.45, 2.75) is 38.6 Å². The number of carboxylic acids is 2. The molecule has 0 bridgehead atoms. The van der Waals surface area contributed by atoms with Crippen LogP contribution >= 0.6 is 0 Å². The SMILES string of the molecule is C[C@H](O[C@@H](C)[C@H](NCc1ccccc1)C(=O)O)C(=O)O. The first kappa shape index (κ1) is 16.1. The fourth-order valence-corrected chi connectivity index (χ4v) is 1.74. The van der Waals surface area contributed by atoms with E-state index in [4.69, 9.17) is 9.84 Å². The molecule has 0 aliphatic carbocycles. The van der Waals surface area contributed by atoms with Gasteiger partial charge in [0.15, 0.2) is 6.10 Å². The van der Waals surface area contributed by atoms with Crippen molar-refractivity contribution in [1.29, 1.82) is 0 Å². The van der Waals surface area contributed by atoms with E-state index in [1.54, 1.807) is 0 Å². The molecule has 110 valence electrons. The molecule has 0 radical (unpaired) electrons. The van der Waals surface area contributed by atoms with Crippen LogP contribution in [0.1, 0.15) is 19.4 Å². The Morgan fingerprint density at radius 2 is 1.75 bits per heavy atom. The first-order valence-corrected chi connectivity index (χ1v) is 6.30. The first-order valence-electron chi connectivity index (χ1n) is 6.30. The van der Waals surface area contributed by atoms with Gasteiger partial charge in [0.25, 0.3) is 0 Å². The molecule has 0 amide bonds. The number of hydrogen-bond acceptors (Lipinski definition) is 4. The Labute approximate surface area is 117 Å². The number of rotatable bonds is 8. The van der Waals surface area contributed by atoms with E-state index < -0.39 is 30.2 Å².